The van der Waals surface area contributed by atoms with Gasteiger partial charge in [0.05, 0.1) is 22.6 Å². The number of amides is 1. The van der Waals surface area contributed by atoms with E-state index in [2.05, 4.69) is 30.9 Å². The predicted octanol–water partition coefficient (Wildman–Crippen LogP) is 4.86. The lowest BCUT2D eigenvalue weighted by Crippen LogP contribution is -2.27. The van der Waals surface area contributed by atoms with E-state index in [0.717, 1.165) is 48.5 Å². The minimum atomic E-state index is -0.0942. The van der Waals surface area contributed by atoms with Crippen LogP contribution in [-0.4, -0.2) is 51.0 Å². The van der Waals surface area contributed by atoms with Gasteiger partial charge in [0.15, 0.2) is 17.3 Å². The Morgan fingerprint density at radius 3 is 2.53 bits per heavy atom. The zero-order valence-electron chi connectivity index (χ0n) is 23.5. The van der Waals surface area contributed by atoms with Crippen LogP contribution >= 0.6 is 0 Å². The summed E-state index contributed by atoms with van der Waals surface area (Å²) in [6.07, 6.45) is 4.85. The van der Waals surface area contributed by atoms with Crippen LogP contribution in [0.5, 0.6) is 0 Å². The van der Waals surface area contributed by atoms with Gasteiger partial charge in [0.25, 0.3) is 0 Å². The number of aromatic amines is 1. The van der Waals surface area contributed by atoms with Crippen molar-refractivity contribution in [1.29, 1.82) is 0 Å². The second-order valence-electron chi connectivity index (χ2n) is 10.7. The molecule has 0 bridgehead atoms. The third kappa shape index (κ3) is 5.07. The van der Waals surface area contributed by atoms with Gasteiger partial charge >= 0.3 is 0 Å². The first-order valence-electron chi connectivity index (χ1n) is 14.2. The fourth-order valence-electron chi connectivity index (χ4n) is 5.79. The van der Waals surface area contributed by atoms with E-state index in [1.54, 1.807) is 6.20 Å². The van der Waals surface area contributed by atoms with Crippen LogP contribution in [0, 0.1) is 12.8 Å². The minimum absolute atomic E-state index is 0.0303. The lowest BCUT2D eigenvalue weighted by molar-refractivity contribution is -0.120. The molecule has 43 heavy (non-hydrogen) atoms. The number of rotatable bonds is 6. The average Bonchev–Trinajstić information content (AvgIpc) is 3.71. The quantitative estimate of drug-likeness (QED) is 0.253. The molecule has 7 rings (SSSR count). The molecule has 1 fully saturated rings. The van der Waals surface area contributed by atoms with E-state index < -0.39 is 0 Å². The summed E-state index contributed by atoms with van der Waals surface area (Å²) in [6.45, 7) is 1.91. The zero-order chi connectivity index (χ0) is 29.3. The Kier molecular flexibility index (Phi) is 6.78. The maximum Gasteiger partial charge on any atom is 0.228 e. The first-order valence-corrected chi connectivity index (χ1v) is 14.2. The first-order chi connectivity index (χ1) is 21.0. The van der Waals surface area contributed by atoms with Crippen LogP contribution in [0.3, 0.4) is 0 Å². The number of tetrazole rings is 1. The molecule has 4 N–H and O–H groups in total. The van der Waals surface area contributed by atoms with Crippen LogP contribution in [0.1, 0.15) is 43.1 Å². The van der Waals surface area contributed by atoms with Crippen molar-refractivity contribution in [3.8, 4) is 28.3 Å². The molecule has 214 valence electrons. The largest absolute Gasteiger partial charge is 0.383 e. The molecule has 0 radical (unpaired) electrons. The number of aryl methyl sites for hydroxylation is 1. The summed E-state index contributed by atoms with van der Waals surface area (Å²) in [5.41, 5.74) is 11.7. The van der Waals surface area contributed by atoms with Crippen LogP contribution in [0.25, 0.3) is 39.5 Å². The molecule has 1 aromatic carbocycles. The van der Waals surface area contributed by atoms with Crippen molar-refractivity contribution in [3.05, 3.63) is 84.4 Å². The highest BCUT2D eigenvalue weighted by Crippen LogP contribution is 2.35. The number of nitrogens with two attached hydrogens (primary N) is 1. The lowest BCUT2D eigenvalue weighted by Gasteiger charge is -2.25. The number of hydrogen-bond donors (Lipinski definition) is 3. The Morgan fingerprint density at radius 1 is 0.953 bits per heavy atom. The van der Waals surface area contributed by atoms with Crippen LogP contribution in [0.2, 0.25) is 0 Å². The normalized spacial score (nSPS) is 16.8. The van der Waals surface area contributed by atoms with Crippen molar-refractivity contribution in [1.82, 2.24) is 45.1 Å². The summed E-state index contributed by atoms with van der Waals surface area (Å²) in [7, 11) is 0. The first kappa shape index (κ1) is 26.4. The molecule has 0 aliphatic heterocycles. The minimum Gasteiger partial charge on any atom is -0.383 e. The Morgan fingerprint density at radius 2 is 1.79 bits per heavy atom. The molecule has 1 saturated carbocycles. The number of anilines is 2. The summed E-state index contributed by atoms with van der Waals surface area (Å²) in [5, 5.41) is 17.4. The van der Waals surface area contributed by atoms with E-state index in [0.29, 0.717) is 39.9 Å². The second-order valence-corrected chi connectivity index (χ2v) is 10.7. The number of aromatic nitrogens is 9. The highest BCUT2D eigenvalue weighted by atomic mass is 16.1. The topological polar surface area (TPSA) is 166 Å². The Bertz CT molecular complexity index is 1910. The van der Waals surface area contributed by atoms with Gasteiger partial charge in [-0.25, -0.2) is 19.9 Å². The summed E-state index contributed by atoms with van der Waals surface area (Å²) in [4.78, 5) is 32.2. The molecule has 12 nitrogen and oxygen atoms in total. The number of hydrogen-bond acceptors (Lipinski definition) is 9. The van der Waals surface area contributed by atoms with Gasteiger partial charge in [-0.1, -0.05) is 35.5 Å². The molecule has 0 saturated heterocycles. The van der Waals surface area contributed by atoms with Crippen LogP contribution < -0.4 is 11.1 Å². The molecule has 5 heterocycles. The van der Waals surface area contributed by atoms with E-state index in [1.807, 2.05) is 78.2 Å². The van der Waals surface area contributed by atoms with Crippen molar-refractivity contribution >= 4 is 28.7 Å². The lowest BCUT2D eigenvalue weighted by atomic mass is 9.81. The number of carbonyl (C=O) groups excluding carboxylic acids is 1. The smallest absolute Gasteiger partial charge is 0.228 e. The van der Waals surface area contributed by atoms with Crippen molar-refractivity contribution in [2.45, 2.75) is 38.5 Å². The highest BCUT2D eigenvalue weighted by Gasteiger charge is 2.29. The van der Waals surface area contributed by atoms with E-state index in [4.69, 9.17) is 20.7 Å². The Hall–Kier alpha value is -5.52. The summed E-state index contributed by atoms with van der Waals surface area (Å²) in [5.74, 6) is 2.30. The number of H-pyrrole nitrogens is 1. The molecular weight excluding hydrogens is 542 g/mol. The average molecular weight is 572 g/mol. The van der Waals surface area contributed by atoms with Crippen molar-refractivity contribution in [3.63, 3.8) is 0 Å². The van der Waals surface area contributed by atoms with Crippen LogP contribution in [0.15, 0.2) is 72.9 Å². The number of carbonyl (C=O) groups is 1. The SMILES string of the molecule is Cc1nc(NC(=O)C2CCC(c3nn[nH]n3)CC2)ccc1-n1c(-c2cccnc2N)nc2ccc(-c3ccccc3)nc21. The molecular formula is C31H29N11O. The third-order valence-corrected chi connectivity index (χ3v) is 8.03. The maximum absolute atomic E-state index is 13.2. The monoisotopic (exact) mass is 571 g/mol. The molecule has 0 atom stereocenters. The van der Waals surface area contributed by atoms with E-state index in [-0.39, 0.29) is 17.7 Å². The zero-order valence-corrected chi connectivity index (χ0v) is 23.5. The number of imidazole rings is 1. The number of nitrogens with zero attached hydrogens (tertiary/aromatic N) is 8. The van der Waals surface area contributed by atoms with Gasteiger partial charge in [-0.2, -0.15) is 5.21 Å². The van der Waals surface area contributed by atoms with Crippen LogP contribution in [-0.2, 0) is 4.79 Å². The fraction of sp³-hybridized carbons (Fsp3) is 0.226. The molecule has 1 amide bonds. The summed E-state index contributed by atoms with van der Waals surface area (Å²) >= 11 is 0. The van der Waals surface area contributed by atoms with Gasteiger partial charge in [-0.05, 0) is 69.0 Å². The molecule has 12 heteroatoms. The standard InChI is InChI=1S/C31H29N11O/c1-18-25(15-16-26(34-18)37-31(43)21-11-9-20(10-12-21)28-38-40-41-39-28)42-29(22-8-5-17-33-27(22)32)36-24-14-13-23(35-30(24)42)19-6-3-2-4-7-19/h2-8,13-17,20-21H,9-12H2,1H3,(H2,32,33)(H,34,37,43)(H,38,39,40,41). The molecule has 1 aliphatic carbocycles. The third-order valence-electron chi connectivity index (χ3n) is 8.03. The van der Waals surface area contributed by atoms with E-state index in [9.17, 15) is 4.79 Å². The molecule has 0 unspecified atom stereocenters. The fourth-order valence-corrected chi connectivity index (χ4v) is 5.79. The van der Waals surface area contributed by atoms with Gasteiger partial charge < -0.3 is 11.1 Å². The van der Waals surface area contributed by atoms with Gasteiger partial charge in [0.1, 0.15) is 17.2 Å². The number of fused-ring (bicyclic) bond motifs is 1. The Balaban J connectivity index is 1.21. The number of nitrogen functional groups attached to an aromatic ring is 1. The summed E-state index contributed by atoms with van der Waals surface area (Å²) < 4.78 is 1.96. The van der Waals surface area contributed by atoms with Gasteiger partial charge in [-0.15, -0.1) is 10.2 Å². The number of nitrogens with one attached hydrogen (secondary N) is 2. The molecule has 6 aromatic rings. The van der Waals surface area contributed by atoms with Gasteiger partial charge in [-0.3, -0.25) is 9.36 Å². The Labute approximate surface area is 246 Å². The summed E-state index contributed by atoms with van der Waals surface area (Å²) in [6, 6.07) is 21.4. The van der Waals surface area contributed by atoms with E-state index in [1.165, 1.54) is 0 Å². The number of pyridine rings is 3. The molecule has 5 aromatic heterocycles. The van der Waals surface area contributed by atoms with Crippen molar-refractivity contribution in [2.24, 2.45) is 5.92 Å². The van der Waals surface area contributed by atoms with Gasteiger partial charge in [0, 0.05) is 23.6 Å². The van der Waals surface area contributed by atoms with Crippen molar-refractivity contribution < 1.29 is 4.79 Å². The van der Waals surface area contributed by atoms with E-state index >= 15 is 0 Å². The predicted molar refractivity (Wildman–Crippen MR) is 162 cm³/mol. The number of benzene rings is 1. The highest BCUT2D eigenvalue weighted by molar-refractivity contribution is 5.92. The van der Waals surface area contributed by atoms with Crippen LogP contribution in [0.4, 0.5) is 11.6 Å². The van der Waals surface area contributed by atoms with Crippen molar-refractivity contribution in [2.75, 3.05) is 11.1 Å². The second kappa shape index (κ2) is 11.0. The maximum atomic E-state index is 13.2. The van der Waals surface area contributed by atoms with Gasteiger partial charge in [0.2, 0.25) is 5.91 Å². The molecule has 1 aliphatic rings. The molecule has 0 spiro atoms.